The number of likely N-dealkylation sites (tertiary alicyclic amines) is 1. The molecule has 2 rings (SSSR count). The van der Waals surface area contributed by atoms with E-state index >= 15 is 0 Å². The molecule has 0 radical (unpaired) electrons. The molecule has 1 aliphatic carbocycles. The standard InChI is InChI=1S/C16H29NO/c1-16(2,3)14-7-5-10-17(11-9-14)12-13-6-4-8-15(13)18/h13-14H,4-12H2,1-3H3. The molecule has 0 spiro atoms. The minimum atomic E-state index is 0.358. The van der Waals surface area contributed by atoms with Crippen molar-refractivity contribution in [3.05, 3.63) is 0 Å². The minimum absolute atomic E-state index is 0.358. The van der Waals surface area contributed by atoms with Gasteiger partial charge in [-0.2, -0.15) is 0 Å². The fraction of sp³-hybridized carbons (Fsp3) is 0.938. The summed E-state index contributed by atoms with van der Waals surface area (Å²) in [4.78, 5) is 14.3. The molecule has 0 bridgehead atoms. The molecule has 2 heteroatoms. The third-order valence-corrected chi connectivity index (χ3v) is 4.96. The molecule has 2 nitrogen and oxygen atoms in total. The summed E-state index contributed by atoms with van der Waals surface area (Å²) in [6.45, 7) is 10.5. The van der Waals surface area contributed by atoms with Gasteiger partial charge >= 0.3 is 0 Å². The van der Waals surface area contributed by atoms with Crippen LogP contribution in [-0.2, 0) is 4.79 Å². The molecule has 18 heavy (non-hydrogen) atoms. The van der Waals surface area contributed by atoms with Gasteiger partial charge in [-0.3, -0.25) is 4.79 Å². The second kappa shape index (κ2) is 5.73. The van der Waals surface area contributed by atoms with Crippen LogP contribution in [0.4, 0.5) is 0 Å². The number of rotatable bonds is 2. The maximum atomic E-state index is 11.7. The molecule has 0 aromatic heterocycles. The summed E-state index contributed by atoms with van der Waals surface area (Å²) >= 11 is 0. The van der Waals surface area contributed by atoms with Crippen LogP contribution in [0.5, 0.6) is 0 Å². The van der Waals surface area contributed by atoms with E-state index in [0.29, 0.717) is 17.1 Å². The lowest BCUT2D eigenvalue weighted by Crippen LogP contribution is -2.32. The third kappa shape index (κ3) is 3.57. The fourth-order valence-electron chi connectivity index (χ4n) is 3.60. The molecule has 2 aliphatic rings. The Morgan fingerprint density at radius 2 is 1.89 bits per heavy atom. The van der Waals surface area contributed by atoms with Crippen LogP contribution in [-0.4, -0.2) is 30.3 Å². The van der Waals surface area contributed by atoms with Crippen molar-refractivity contribution in [3.8, 4) is 0 Å². The predicted molar refractivity (Wildman–Crippen MR) is 75.6 cm³/mol. The molecule has 1 saturated carbocycles. The van der Waals surface area contributed by atoms with E-state index < -0.39 is 0 Å². The molecular formula is C16H29NO. The summed E-state index contributed by atoms with van der Waals surface area (Å²) in [7, 11) is 0. The van der Waals surface area contributed by atoms with E-state index in [1.165, 1.54) is 32.4 Å². The second-order valence-electron chi connectivity index (χ2n) is 7.35. The molecule has 2 unspecified atom stereocenters. The Kier molecular flexibility index (Phi) is 4.47. The second-order valence-corrected chi connectivity index (χ2v) is 7.35. The number of hydrogen-bond donors (Lipinski definition) is 0. The topological polar surface area (TPSA) is 20.3 Å². The third-order valence-electron chi connectivity index (χ3n) is 4.96. The average molecular weight is 251 g/mol. The first-order chi connectivity index (χ1) is 8.47. The van der Waals surface area contributed by atoms with Crippen LogP contribution in [0.25, 0.3) is 0 Å². The molecule has 1 saturated heterocycles. The fourth-order valence-corrected chi connectivity index (χ4v) is 3.60. The SMILES string of the molecule is CC(C)(C)C1CCCN(CC2CCCC2=O)CC1. The number of ketones is 1. The van der Waals surface area contributed by atoms with Crippen molar-refractivity contribution in [1.82, 2.24) is 4.90 Å². The largest absolute Gasteiger partial charge is 0.303 e. The monoisotopic (exact) mass is 251 g/mol. The highest BCUT2D eigenvalue weighted by molar-refractivity contribution is 5.83. The molecular weight excluding hydrogens is 222 g/mol. The molecule has 2 fully saturated rings. The van der Waals surface area contributed by atoms with Gasteiger partial charge < -0.3 is 4.90 Å². The van der Waals surface area contributed by atoms with Crippen LogP contribution in [0.2, 0.25) is 0 Å². The van der Waals surface area contributed by atoms with Gasteiger partial charge in [-0.25, -0.2) is 0 Å². The van der Waals surface area contributed by atoms with Crippen LogP contribution in [0, 0.1) is 17.3 Å². The van der Waals surface area contributed by atoms with Gasteiger partial charge in [-0.15, -0.1) is 0 Å². The van der Waals surface area contributed by atoms with Crippen molar-refractivity contribution in [2.24, 2.45) is 17.3 Å². The summed E-state index contributed by atoms with van der Waals surface area (Å²) in [5, 5.41) is 0. The molecule has 0 amide bonds. The quantitative estimate of drug-likeness (QED) is 0.748. The Bertz CT molecular complexity index is 292. The van der Waals surface area contributed by atoms with Gasteiger partial charge in [0.25, 0.3) is 0 Å². The molecule has 0 aromatic carbocycles. The smallest absolute Gasteiger partial charge is 0.137 e. The predicted octanol–water partition coefficient (Wildman–Crippen LogP) is 3.50. The van der Waals surface area contributed by atoms with Gasteiger partial charge in [-0.1, -0.05) is 20.8 Å². The van der Waals surface area contributed by atoms with Crippen LogP contribution in [0.15, 0.2) is 0 Å². The highest BCUT2D eigenvalue weighted by Gasteiger charge is 2.30. The van der Waals surface area contributed by atoms with Crippen molar-refractivity contribution in [1.29, 1.82) is 0 Å². The average Bonchev–Trinajstić information content (AvgIpc) is 2.54. The summed E-state index contributed by atoms with van der Waals surface area (Å²) < 4.78 is 0. The van der Waals surface area contributed by atoms with Crippen LogP contribution in [0.3, 0.4) is 0 Å². The highest BCUT2D eigenvalue weighted by atomic mass is 16.1. The van der Waals surface area contributed by atoms with Crippen molar-refractivity contribution in [3.63, 3.8) is 0 Å². The number of Topliss-reactive ketones (excluding diaryl/α,β-unsaturated/α-hetero) is 1. The van der Waals surface area contributed by atoms with E-state index in [9.17, 15) is 4.79 Å². The number of carbonyl (C=O) groups excluding carboxylic acids is 1. The Hall–Kier alpha value is -0.370. The first kappa shape index (κ1) is 14.0. The maximum Gasteiger partial charge on any atom is 0.137 e. The van der Waals surface area contributed by atoms with Crippen LogP contribution in [0.1, 0.15) is 59.3 Å². The lowest BCUT2D eigenvalue weighted by atomic mass is 9.77. The zero-order valence-electron chi connectivity index (χ0n) is 12.4. The van der Waals surface area contributed by atoms with Crippen molar-refractivity contribution in [2.75, 3.05) is 19.6 Å². The van der Waals surface area contributed by atoms with Gasteiger partial charge in [0.1, 0.15) is 5.78 Å². The Morgan fingerprint density at radius 3 is 2.50 bits per heavy atom. The minimum Gasteiger partial charge on any atom is -0.303 e. The van der Waals surface area contributed by atoms with E-state index in [2.05, 4.69) is 25.7 Å². The van der Waals surface area contributed by atoms with Crippen molar-refractivity contribution >= 4 is 5.78 Å². The number of carbonyl (C=O) groups is 1. The first-order valence-electron chi connectivity index (χ1n) is 7.72. The number of hydrogen-bond acceptors (Lipinski definition) is 2. The molecule has 1 aliphatic heterocycles. The lowest BCUT2D eigenvalue weighted by Gasteiger charge is -2.30. The van der Waals surface area contributed by atoms with Gasteiger partial charge in [0, 0.05) is 18.9 Å². The van der Waals surface area contributed by atoms with Gasteiger partial charge in [0.15, 0.2) is 0 Å². The maximum absolute atomic E-state index is 11.7. The van der Waals surface area contributed by atoms with Crippen molar-refractivity contribution < 1.29 is 4.79 Å². The summed E-state index contributed by atoms with van der Waals surface area (Å²) in [6, 6.07) is 0. The van der Waals surface area contributed by atoms with Gasteiger partial charge in [0.05, 0.1) is 0 Å². The van der Waals surface area contributed by atoms with E-state index in [1.807, 2.05) is 0 Å². The molecule has 1 heterocycles. The van der Waals surface area contributed by atoms with Crippen molar-refractivity contribution in [2.45, 2.75) is 59.3 Å². The molecule has 0 N–H and O–H groups in total. The van der Waals surface area contributed by atoms with E-state index in [-0.39, 0.29) is 0 Å². The van der Waals surface area contributed by atoms with Gasteiger partial charge in [-0.05, 0) is 56.5 Å². The van der Waals surface area contributed by atoms with Gasteiger partial charge in [0.2, 0.25) is 0 Å². The summed E-state index contributed by atoms with van der Waals surface area (Å²) in [5.74, 6) is 1.73. The summed E-state index contributed by atoms with van der Waals surface area (Å²) in [6.07, 6.45) is 7.08. The van der Waals surface area contributed by atoms with E-state index in [4.69, 9.17) is 0 Å². The Balaban J connectivity index is 1.83. The molecule has 0 aromatic rings. The normalized spacial score (nSPS) is 31.6. The molecule has 2 atom stereocenters. The van der Waals surface area contributed by atoms with E-state index in [0.717, 1.165) is 31.7 Å². The first-order valence-corrected chi connectivity index (χ1v) is 7.72. The molecule has 104 valence electrons. The summed E-state index contributed by atoms with van der Waals surface area (Å²) in [5.41, 5.74) is 0.444. The Morgan fingerprint density at radius 1 is 1.11 bits per heavy atom. The zero-order valence-corrected chi connectivity index (χ0v) is 12.4. The highest BCUT2D eigenvalue weighted by Crippen LogP contribution is 2.34. The number of nitrogens with zero attached hydrogens (tertiary/aromatic N) is 1. The lowest BCUT2D eigenvalue weighted by molar-refractivity contribution is -0.121. The van der Waals surface area contributed by atoms with Crippen LogP contribution >= 0.6 is 0 Å². The van der Waals surface area contributed by atoms with E-state index in [1.54, 1.807) is 0 Å². The Labute approximate surface area is 112 Å². The zero-order chi connectivity index (χ0) is 13.2. The van der Waals surface area contributed by atoms with Crippen LogP contribution < -0.4 is 0 Å².